The van der Waals surface area contributed by atoms with Gasteiger partial charge in [0.15, 0.2) is 0 Å². The Labute approximate surface area is 115 Å². The summed E-state index contributed by atoms with van der Waals surface area (Å²) in [6.45, 7) is 6.09. The lowest BCUT2D eigenvalue weighted by Gasteiger charge is -2.20. The van der Waals surface area contributed by atoms with Crippen LogP contribution in [-0.4, -0.2) is 29.3 Å². The van der Waals surface area contributed by atoms with Crippen LogP contribution in [0.5, 0.6) is 0 Å². The number of aliphatic hydroxyl groups excluding tert-OH is 1. The van der Waals surface area contributed by atoms with Crippen LogP contribution in [0.1, 0.15) is 37.9 Å². The molecule has 0 aliphatic rings. The van der Waals surface area contributed by atoms with Gasteiger partial charge in [0.1, 0.15) is 0 Å². The summed E-state index contributed by atoms with van der Waals surface area (Å²) in [4.78, 5) is 0. The lowest BCUT2D eigenvalue weighted by atomic mass is 10.1. The van der Waals surface area contributed by atoms with Gasteiger partial charge in [-0.3, -0.25) is 0 Å². The van der Waals surface area contributed by atoms with Gasteiger partial charge >= 0.3 is 0 Å². The molecule has 2 N–H and O–H groups in total. The molecule has 0 heterocycles. The molecule has 1 aromatic carbocycles. The normalized spacial score (nSPS) is 16.3. The van der Waals surface area contributed by atoms with Gasteiger partial charge in [0, 0.05) is 17.0 Å². The van der Waals surface area contributed by atoms with Crippen molar-refractivity contribution in [2.24, 2.45) is 0 Å². The fourth-order valence-electron chi connectivity index (χ4n) is 1.72. The number of nitrogens with one attached hydrogen (secondary N) is 1. The highest BCUT2D eigenvalue weighted by Gasteiger charge is 2.14. The fraction of sp³-hybridized carbons (Fsp3) is 0.600. The molecule has 1 aromatic rings. The van der Waals surface area contributed by atoms with Crippen LogP contribution in [-0.2, 0) is 6.42 Å². The predicted molar refractivity (Wildman–Crippen MR) is 81.2 cm³/mol. The van der Waals surface area contributed by atoms with Crippen molar-refractivity contribution >= 4 is 11.8 Å². The molecule has 0 aliphatic heterocycles. The van der Waals surface area contributed by atoms with Crippen LogP contribution >= 0.6 is 11.8 Å². The maximum atomic E-state index is 9.50. The molecule has 0 bridgehead atoms. The van der Waals surface area contributed by atoms with Crippen LogP contribution < -0.4 is 5.32 Å². The van der Waals surface area contributed by atoms with Crippen LogP contribution in [0, 0.1) is 0 Å². The van der Waals surface area contributed by atoms with Gasteiger partial charge in [0.2, 0.25) is 0 Å². The van der Waals surface area contributed by atoms with Gasteiger partial charge in [-0.2, -0.15) is 11.8 Å². The summed E-state index contributed by atoms with van der Waals surface area (Å²) in [5.41, 5.74) is 2.69. The molecule has 1 rings (SSSR count). The molecule has 0 aliphatic carbocycles. The summed E-state index contributed by atoms with van der Waals surface area (Å²) in [6, 6.07) is 9.15. The van der Waals surface area contributed by atoms with E-state index in [1.54, 1.807) is 0 Å². The van der Waals surface area contributed by atoms with Crippen molar-refractivity contribution in [1.82, 2.24) is 5.32 Å². The number of hydrogen-bond donors (Lipinski definition) is 2. The Morgan fingerprint density at radius 2 is 1.83 bits per heavy atom. The van der Waals surface area contributed by atoms with Gasteiger partial charge in [-0.1, -0.05) is 38.1 Å². The monoisotopic (exact) mass is 267 g/mol. The van der Waals surface area contributed by atoms with E-state index in [1.165, 1.54) is 11.1 Å². The number of thioether (sulfide) groups is 1. The maximum absolute atomic E-state index is 9.50. The van der Waals surface area contributed by atoms with Crippen molar-refractivity contribution < 1.29 is 5.11 Å². The quantitative estimate of drug-likeness (QED) is 0.796. The molecular weight excluding hydrogens is 242 g/mol. The predicted octanol–water partition coefficient (Wildman–Crippen LogP) is 3.01. The fourth-order valence-corrected chi connectivity index (χ4v) is 2.85. The molecule has 0 saturated heterocycles. The third-order valence-corrected chi connectivity index (χ3v) is 4.79. The first-order valence-corrected chi connectivity index (χ1v) is 7.69. The first kappa shape index (κ1) is 15.5. The van der Waals surface area contributed by atoms with Crippen molar-refractivity contribution in [2.75, 3.05) is 12.8 Å². The lowest BCUT2D eigenvalue weighted by molar-refractivity contribution is 0.196. The van der Waals surface area contributed by atoms with Crippen LogP contribution in [0.2, 0.25) is 0 Å². The summed E-state index contributed by atoms with van der Waals surface area (Å²) in [6.07, 6.45) is 0.827. The van der Waals surface area contributed by atoms with Gasteiger partial charge < -0.3 is 10.4 Å². The number of rotatable bonds is 7. The van der Waals surface area contributed by atoms with Gasteiger partial charge in [-0.25, -0.2) is 0 Å². The Morgan fingerprint density at radius 3 is 2.28 bits per heavy atom. The maximum Gasteiger partial charge on any atom is 0.0628 e. The summed E-state index contributed by atoms with van der Waals surface area (Å²) in [7, 11) is 1.99. The highest BCUT2D eigenvalue weighted by atomic mass is 32.2. The second kappa shape index (κ2) is 7.82. The average Bonchev–Trinajstić information content (AvgIpc) is 2.39. The van der Waals surface area contributed by atoms with E-state index in [9.17, 15) is 5.11 Å². The minimum Gasteiger partial charge on any atom is -0.392 e. The van der Waals surface area contributed by atoms with Crippen LogP contribution in [0.15, 0.2) is 24.3 Å². The van der Waals surface area contributed by atoms with E-state index in [2.05, 4.69) is 43.4 Å². The zero-order valence-electron chi connectivity index (χ0n) is 11.8. The van der Waals surface area contributed by atoms with Crippen molar-refractivity contribution in [1.29, 1.82) is 0 Å². The van der Waals surface area contributed by atoms with E-state index in [4.69, 9.17) is 0 Å². The second-order valence-corrected chi connectivity index (χ2v) is 6.13. The molecule has 3 unspecified atom stereocenters. The molecule has 18 heavy (non-hydrogen) atoms. The minimum atomic E-state index is -0.255. The summed E-state index contributed by atoms with van der Waals surface area (Å²) < 4.78 is 0. The third kappa shape index (κ3) is 4.63. The molecule has 0 radical (unpaired) electrons. The van der Waals surface area contributed by atoms with Crippen molar-refractivity contribution in [2.45, 2.75) is 44.6 Å². The summed E-state index contributed by atoms with van der Waals surface area (Å²) in [5.74, 6) is 0.980. The van der Waals surface area contributed by atoms with Gasteiger partial charge in [-0.05, 0) is 31.5 Å². The molecule has 102 valence electrons. The molecule has 0 amide bonds. The standard InChI is InChI=1S/C15H25NOS/c1-5-13-6-8-14(9-7-13)15(16-4)10-18-12(3)11(2)17/h6-9,11-12,15-17H,5,10H2,1-4H3. The molecule has 0 saturated carbocycles. The van der Waals surface area contributed by atoms with Gasteiger partial charge in [0.25, 0.3) is 0 Å². The van der Waals surface area contributed by atoms with Crippen LogP contribution in [0.25, 0.3) is 0 Å². The smallest absolute Gasteiger partial charge is 0.0628 e. The van der Waals surface area contributed by atoms with E-state index in [0.717, 1.165) is 12.2 Å². The van der Waals surface area contributed by atoms with E-state index < -0.39 is 0 Å². The molecule has 2 nitrogen and oxygen atoms in total. The molecule has 3 heteroatoms. The Morgan fingerprint density at radius 1 is 1.22 bits per heavy atom. The van der Waals surface area contributed by atoms with Crippen molar-refractivity contribution in [3.8, 4) is 0 Å². The third-order valence-electron chi connectivity index (χ3n) is 3.34. The number of benzene rings is 1. The number of aliphatic hydroxyl groups is 1. The second-order valence-electron chi connectivity index (χ2n) is 4.72. The van der Waals surface area contributed by atoms with Gasteiger partial charge in [0.05, 0.1) is 6.10 Å². The zero-order chi connectivity index (χ0) is 13.5. The molecule has 0 aromatic heterocycles. The van der Waals surface area contributed by atoms with Crippen molar-refractivity contribution in [3.05, 3.63) is 35.4 Å². The zero-order valence-corrected chi connectivity index (χ0v) is 12.6. The highest BCUT2D eigenvalue weighted by Crippen LogP contribution is 2.23. The summed E-state index contributed by atoms with van der Waals surface area (Å²) in [5, 5.41) is 13.1. The Hall–Kier alpha value is -0.510. The van der Waals surface area contributed by atoms with E-state index in [-0.39, 0.29) is 11.4 Å². The average molecular weight is 267 g/mol. The largest absolute Gasteiger partial charge is 0.392 e. The molecule has 0 spiro atoms. The molecule has 3 atom stereocenters. The molecular formula is C15H25NOS. The van der Waals surface area contributed by atoms with E-state index in [1.807, 2.05) is 25.7 Å². The lowest BCUT2D eigenvalue weighted by Crippen LogP contribution is -2.22. The van der Waals surface area contributed by atoms with E-state index >= 15 is 0 Å². The van der Waals surface area contributed by atoms with E-state index in [0.29, 0.717) is 6.04 Å². The first-order valence-electron chi connectivity index (χ1n) is 6.64. The van der Waals surface area contributed by atoms with Gasteiger partial charge in [-0.15, -0.1) is 0 Å². The first-order chi connectivity index (χ1) is 8.58. The van der Waals surface area contributed by atoms with Crippen molar-refractivity contribution in [3.63, 3.8) is 0 Å². The summed E-state index contributed by atoms with van der Waals surface area (Å²) >= 11 is 1.81. The minimum absolute atomic E-state index is 0.255. The number of hydrogen-bond acceptors (Lipinski definition) is 3. The molecule has 0 fully saturated rings. The van der Waals surface area contributed by atoms with Crippen LogP contribution in [0.4, 0.5) is 0 Å². The Kier molecular flexibility index (Phi) is 6.76. The Bertz CT molecular complexity index is 337. The van der Waals surface area contributed by atoms with Crippen LogP contribution in [0.3, 0.4) is 0 Å². The Balaban J connectivity index is 2.59. The topological polar surface area (TPSA) is 32.3 Å². The SMILES string of the molecule is CCc1ccc(C(CSC(C)C(C)O)NC)cc1. The highest BCUT2D eigenvalue weighted by molar-refractivity contribution is 7.99. The number of aryl methyl sites for hydroxylation is 1.